The summed E-state index contributed by atoms with van der Waals surface area (Å²) in [4.78, 5) is 4.34. The molecule has 0 fully saturated rings. The average molecular weight is 282 g/mol. The van der Waals surface area contributed by atoms with Gasteiger partial charge in [-0.3, -0.25) is 4.98 Å². The highest BCUT2D eigenvalue weighted by Crippen LogP contribution is 2.38. The third kappa shape index (κ3) is 3.51. The Kier molecular flexibility index (Phi) is 5.51. The molecule has 2 aromatic rings. The van der Waals surface area contributed by atoms with E-state index in [-0.39, 0.29) is 6.04 Å². The normalized spacial score (nSPS) is 15.4. The van der Waals surface area contributed by atoms with E-state index in [0.29, 0.717) is 11.8 Å². The monoisotopic (exact) mass is 282 g/mol. The minimum Gasteiger partial charge on any atom is -0.312 e. The average Bonchev–Trinajstić information content (AvgIpc) is 2.53. The molecule has 0 aliphatic heterocycles. The molecule has 1 aromatic carbocycles. The van der Waals surface area contributed by atoms with Gasteiger partial charge in [-0.15, -0.1) is 0 Å². The van der Waals surface area contributed by atoms with Gasteiger partial charge in [0, 0.05) is 24.4 Å². The molecule has 2 heteroatoms. The van der Waals surface area contributed by atoms with Crippen LogP contribution in [0.4, 0.5) is 0 Å². The number of nitrogens with zero attached hydrogens (tertiary/aromatic N) is 1. The Morgan fingerprint density at radius 3 is 2.43 bits per heavy atom. The van der Waals surface area contributed by atoms with Crippen molar-refractivity contribution in [1.82, 2.24) is 10.3 Å². The van der Waals surface area contributed by atoms with E-state index in [1.165, 1.54) is 16.7 Å². The summed E-state index contributed by atoms with van der Waals surface area (Å²) >= 11 is 0. The first-order chi connectivity index (χ1) is 10.2. The van der Waals surface area contributed by atoms with Crippen molar-refractivity contribution >= 4 is 0 Å². The smallest absolute Gasteiger partial charge is 0.0407 e. The number of rotatable bonds is 6. The number of benzene rings is 1. The van der Waals surface area contributed by atoms with Crippen LogP contribution in [0.15, 0.2) is 48.8 Å². The van der Waals surface area contributed by atoms with Crippen molar-refractivity contribution in [2.24, 2.45) is 5.92 Å². The summed E-state index contributed by atoms with van der Waals surface area (Å²) in [7, 11) is 2.05. The van der Waals surface area contributed by atoms with Gasteiger partial charge in [0.15, 0.2) is 0 Å². The van der Waals surface area contributed by atoms with Crippen molar-refractivity contribution < 1.29 is 0 Å². The quantitative estimate of drug-likeness (QED) is 0.845. The summed E-state index contributed by atoms with van der Waals surface area (Å²) in [5.74, 6) is 1.05. The molecule has 0 amide bonds. The van der Waals surface area contributed by atoms with Gasteiger partial charge in [0.25, 0.3) is 0 Å². The maximum atomic E-state index is 4.34. The first-order valence-corrected chi connectivity index (χ1v) is 7.81. The summed E-state index contributed by atoms with van der Waals surface area (Å²) < 4.78 is 0. The Balaban J connectivity index is 2.46. The number of aryl methyl sites for hydroxylation is 1. The van der Waals surface area contributed by atoms with Crippen LogP contribution in [0.25, 0.3) is 0 Å². The molecule has 112 valence electrons. The Morgan fingerprint density at radius 1 is 1.14 bits per heavy atom. The minimum absolute atomic E-state index is 0.288. The fraction of sp³-hybridized carbons (Fsp3) is 0.421. The first-order valence-electron chi connectivity index (χ1n) is 7.81. The highest BCUT2D eigenvalue weighted by Gasteiger charge is 2.28. The van der Waals surface area contributed by atoms with E-state index in [2.05, 4.69) is 74.5 Å². The zero-order valence-electron chi connectivity index (χ0n) is 13.5. The van der Waals surface area contributed by atoms with E-state index in [9.17, 15) is 0 Å². The van der Waals surface area contributed by atoms with Gasteiger partial charge in [-0.2, -0.15) is 0 Å². The molecule has 0 bridgehead atoms. The molecule has 0 aliphatic rings. The number of hydrogen-bond acceptors (Lipinski definition) is 2. The summed E-state index contributed by atoms with van der Waals surface area (Å²) in [6.45, 7) is 6.77. The van der Waals surface area contributed by atoms with Crippen LogP contribution in [0.3, 0.4) is 0 Å². The lowest BCUT2D eigenvalue weighted by Crippen LogP contribution is -2.28. The number of nitrogens with one attached hydrogen (secondary N) is 1. The molecule has 0 spiro atoms. The van der Waals surface area contributed by atoms with Gasteiger partial charge >= 0.3 is 0 Å². The van der Waals surface area contributed by atoms with Gasteiger partial charge in [0.2, 0.25) is 0 Å². The van der Waals surface area contributed by atoms with E-state index in [1.807, 2.05) is 12.4 Å². The zero-order valence-corrected chi connectivity index (χ0v) is 13.5. The summed E-state index contributed by atoms with van der Waals surface area (Å²) in [6.07, 6.45) is 5.04. The fourth-order valence-electron chi connectivity index (χ4n) is 3.11. The van der Waals surface area contributed by atoms with Gasteiger partial charge in [-0.1, -0.05) is 50.6 Å². The lowest BCUT2D eigenvalue weighted by Gasteiger charge is -2.33. The second kappa shape index (κ2) is 7.37. The standard InChI is InChI=1S/C19H26N2/c1-5-14(2)18(16-9-7-6-8-10-16)19(20-4)17-13-21-12-11-15(17)3/h6-14,18-20H,5H2,1-4H3. The van der Waals surface area contributed by atoms with E-state index < -0.39 is 0 Å². The van der Waals surface area contributed by atoms with Crippen LogP contribution in [0.2, 0.25) is 0 Å². The van der Waals surface area contributed by atoms with Gasteiger partial charge in [0.05, 0.1) is 0 Å². The van der Waals surface area contributed by atoms with E-state index in [4.69, 9.17) is 0 Å². The largest absolute Gasteiger partial charge is 0.312 e. The fourth-order valence-corrected chi connectivity index (χ4v) is 3.11. The highest BCUT2D eigenvalue weighted by atomic mass is 14.9. The van der Waals surface area contributed by atoms with Crippen LogP contribution < -0.4 is 5.32 Å². The second-order valence-electron chi connectivity index (χ2n) is 5.82. The van der Waals surface area contributed by atoms with Crippen LogP contribution in [0, 0.1) is 12.8 Å². The Bertz CT molecular complexity index is 551. The Hall–Kier alpha value is -1.67. The molecular formula is C19H26N2. The molecule has 0 radical (unpaired) electrons. The lowest BCUT2D eigenvalue weighted by molar-refractivity contribution is 0.353. The molecule has 3 unspecified atom stereocenters. The van der Waals surface area contributed by atoms with Crippen LogP contribution in [-0.2, 0) is 0 Å². The maximum absolute atomic E-state index is 4.34. The van der Waals surface area contributed by atoms with Gasteiger partial charge < -0.3 is 5.32 Å². The van der Waals surface area contributed by atoms with E-state index in [1.54, 1.807) is 0 Å². The van der Waals surface area contributed by atoms with Crippen molar-refractivity contribution in [2.75, 3.05) is 7.05 Å². The number of hydrogen-bond donors (Lipinski definition) is 1. The van der Waals surface area contributed by atoms with E-state index in [0.717, 1.165) is 6.42 Å². The number of likely N-dealkylation sites (N-methyl/N-ethyl adjacent to an activating group) is 1. The maximum Gasteiger partial charge on any atom is 0.0407 e. The SMILES string of the molecule is CCC(C)C(c1ccccc1)C(NC)c1cnccc1C. The van der Waals surface area contributed by atoms with Gasteiger partial charge in [-0.25, -0.2) is 0 Å². The highest BCUT2D eigenvalue weighted by molar-refractivity contribution is 5.31. The van der Waals surface area contributed by atoms with Crippen LogP contribution >= 0.6 is 0 Å². The number of pyridine rings is 1. The van der Waals surface area contributed by atoms with Crippen molar-refractivity contribution in [3.8, 4) is 0 Å². The Labute approximate surface area is 128 Å². The van der Waals surface area contributed by atoms with Crippen molar-refractivity contribution in [1.29, 1.82) is 0 Å². The summed E-state index contributed by atoms with van der Waals surface area (Å²) in [5.41, 5.74) is 4.00. The predicted molar refractivity (Wildman–Crippen MR) is 89.4 cm³/mol. The van der Waals surface area contributed by atoms with Gasteiger partial charge in [0.1, 0.15) is 0 Å². The molecular weight excluding hydrogens is 256 g/mol. The molecule has 1 N–H and O–H groups in total. The summed E-state index contributed by atoms with van der Waals surface area (Å²) in [5, 5.41) is 3.53. The van der Waals surface area contributed by atoms with Crippen molar-refractivity contribution in [3.05, 3.63) is 65.5 Å². The van der Waals surface area contributed by atoms with Gasteiger partial charge in [-0.05, 0) is 42.6 Å². The third-order valence-corrected chi connectivity index (χ3v) is 4.53. The topological polar surface area (TPSA) is 24.9 Å². The number of aromatic nitrogens is 1. The third-order valence-electron chi connectivity index (χ3n) is 4.53. The van der Waals surface area contributed by atoms with Crippen molar-refractivity contribution in [3.63, 3.8) is 0 Å². The molecule has 2 nitrogen and oxygen atoms in total. The predicted octanol–water partition coefficient (Wildman–Crippen LogP) is 4.48. The van der Waals surface area contributed by atoms with E-state index >= 15 is 0 Å². The van der Waals surface area contributed by atoms with Crippen LogP contribution in [0.1, 0.15) is 48.9 Å². The molecule has 0 saturated carbocycles. The first kappa shape index (κ1) is 15.7. The van der Waals surface area contributed by atoms with Crippen LogP contribution in [0.5, 0.6) is 0 Å². The molecule has 2 rings (SSSR count). The minimum atomic E-state index is 0.288. The molecule has 0 saturated heterocycles. The molecule has 3 atom stereocenters. The summed E-state index contributed by atoms with van der Waals surface area (Å²) in [6, 6.07) is 13.2. The Morgan fingerprint density at radius 2 is 1.86 bits per heavy atom. The second-order valence-corrected chi connectivity index (χ2v) is 5.82. The van der Waals surface area contributed by atoms with Crippen LogP contribution in [-0.4, -0.2) is 12.0 Å². The molecule has 21 heavy (non-hydrogen) atoms. The lowest BCUT2D eigenvalue weighted by atomic mass is 9.77. The molecule has 1 heterocycles. The zero-order chi connectivity index (χ0) is 15.2. The van der Waals surface area contributed by atoms with Crippen molar-refractivity contribution in [2.45, 2.75) is 39.2 Å². The molecule has 1 aromatic heterocycles. The molecule has 0 aliphatic carbocycles.